The van der Waals surface area contributed by atoms with Crippen LogP contribution in [0, 0.1) is 5.95 Å². The number of carbonyl (C=O) groups is 2. The third-order valence-corrected chi connectivity index (χ3v) is 9.23. The van der Waals surface area contributed by atoms with E-state index in [0.717, 1.165) is 11.1 Å². The van der Waals surface area contributed by atoms with E-state index in [4.69, 9.17) is 9.47 Å². The van der Waals surface area contributed by atoms with Crippen molar-refractivity contribution in [1.29, 1.82) is 0 Å². The summed E-state index contributed by atoms with van der Waals surface area (Å²) in [5.74, 6) is -1.21. The molecule has 0 radical (unpaired) electrons. The Labute approximate surface area is 250 Å². The summed E-state index contributed by atoms with van der Waals surface area (Å²) in [4.78, 5) is 47.7. The number of rotatable bonds is 2. The van der Waals surface area contributed by atoms with Crippen molar-refractivity contribution < 1.29 is 23.5 Å². The van der Waals surface area contributed by atoms with E-state index in [1.165, 1.54) is 16.4 Å². The first kappa shape index (κ1) is 27.9. The van der Waals surface area contributed by atoms with Crippen LogP contribution in [0.3, 0.4) is 0 Å². The second-order valence-electron chi connectivity index (χ2n) is 12.1. The predicted molar refractivity (Wildman–Crippen MR) is 160 cm³/mol. The number of nitrogens with zero attached hydrogens (tertiary/aromatic N) is 5. The molecule has 3 aliphatic rings. The molecule has 1 amide bonds. The topological polar surface area (TPSA) is 138 Å². The number of aromatic nitrogens is 6. The van der Waals surface area contributed by atoms with Gasteiger partial charge in [-0.15, -0.1) is 5.10 Å². The number of esters is 1. The molecule has 0 saturated heterocycles. The minimum absolute atomic E-state index is 0.120. The van der Waals surface area contributed by atoms with Crippen molar-refractivity contribution in [3.63, 3.8) is 0 Å². The van der Waals surface area contributed by atoms with Gasteiger partial charge in [0.25, 0.3) is 0 Å². The fourth-order valence-corrected chi connectivity index (χ4v) is 6.99. The monoisotopic (exact) mass is 601 g/mol. The van der Waals surface area contributed by atoms with E-state index in [9.17, 15) is 14.4 Å². The molecule has 228 valence electrons. The number of methoxy groups -OCH3 is 1. The zero-order valence-electron chi connectivity index (χ0n) is 25.0. The van der Waals surface area contributed by atoms with Gasteiger partial charge in [-0.1, -0.05) is 31.2 Å². The van der Waals surface area contributed by atoms with E-state index >= 15 is 4.39 Å². The van der Waals surface area contributed by atoms with Gasteiger partial charge in [0.05, 0.1) is 52.9 Å². The summed E-state index contributed by atoms with van der Waals surface area (Å²) in [5, 5.41) is 7.45. The number of pyridine rings is 1. The molecule has 1 saturated carbocycles. The molecule has 0 spiro atoms. The van der Waals surface area contributed by atoms with Crippen molar-refractivity contribution in [2.24, 2.45) is 14.1 Å². The Bertz CT molecular complexity index is 2040. The lowest BCUT2D eigenvalue weighted by Crippen LogP contribution is -2.52. The highest BCUT2D eigenvalue weighted by atomic mass is 19.1. The molecule has 6 heterocycles. The molecule has 2 N–H and O–H groups in total. The molecular formula is C31H32FN7O5. The van der Waals surface area contributed by atoms with Gasteiger partial charge in [-0.25, -0.2) is 14.6 Å². The number of aryl methyl sites for hydroxylation is 2. The number of amides is 1. The summed E-state index contributed by atoms with van der Waals surface area (Å²) in [7, 11) is 4.60. The number of aromatic amines is 1. The number of halogens is 1. The van der Waals surface area contributed by atoms with Crippen LogP contribution in [0.15, 0.2) is 41.5 Å². The van der Waals surface area contributed by atoms with Crippen LogP contribution in [0.1, 0.15) is 50.6 Å². The maximum Gasteiger partial charge on any atom is 0.407 e. The van der Waals surface area contributed by atoms with Gasteiger partial charge in [-0.2, -0.15) is 4.39 Å². The largest absolute Gasteiger partial charge is 0.460 e. The average Bonchev–Trinajstić information content (AvgIpc) is 3.69. The maximum absolute atomic E-state index is 15.2. The Morgan fingerprint density at radius 1 is 1.23 bits per heavy atom. The lowest BCUT2D eigenvalue weighted by atomic mass is 9.93. The van der Waals surface area contributed by atoms with Gasteiger partial charge in [0.15, 0.2) is 0 Å². The van der Waals surface area contributed by atoms with Gasteiger partial charge in [0.1, 0.15) is 11.8 Å². The minimum Gasteiger partial charge on any atom is -0.460 e. The molecule has 44 heavy (non-hydrogen) atoms. The molecule has 4 bridgehead atoms. The lowest BCUT2D eigenvalue weighted by molar-refractivity contribution is -0.152. The van der Waals surface area contributed by atoms with Crippen molar-refractivity contribution >= 4 is 34.1 Å². The Hall–Kier alpha value is -4.94. The smallest absolute Gasteiger partial charge is 0.407 e. The number of H-pyrrole nitrogens is 1. The highest BCUT2D eigenvalue weighted by Gasteiger charge is 2.49. The molecule has 2 aliphatic heterocycles. The van der Waals surface area contributed by atoms with Crippen molar-refractivity contribution in [3.8, 4) is 22.4 Å². The molecule has 1 aliphatic carbocycles. The zero-order valence-corrected chi connectivity index (χ0v) is 25.0. The SMILES string of the molecule is COC(=O)N[C@@]1(C)CC2C[C@H]1OC(=O)C[C@@H](C)c1ccc(cc1)-c1c(-c3cn(C)nc3F)[nH]c3ncc4c(c13)n2c(=O)n4C. The summed E-state index contributed by atoms with van der Waals surface area (Å²) in [6.45, 7) is 3.74. The van der Waals surface area contributed by atoms with Crippen LogP contribution in [0.25, 0.3) is 44.5 Å². The van der Waals surface area contributed by atoms with Crippen LogP contribution in [-0.2, 0) is 28.4 Å². The van der Waals surface area contributed by atoms with E-state index in [0.29, 0.717) is 33.3 Å². The van der Waals surface area contributed by atoms with Gasteiger partial charge in [-0.3, -0.25) is 18.6 Å². The average molecular weight is 602 g/mol. The van der Waals surface area contributed by atoms with Crippen LogP contribution in [-0.4, -0.2) is 59.7 Å². The summed E-state index contributed by atoms with van der Waals surface area (Å²) < 4.78 is 30.8. The molecule has 1 aromatic carbocycles. The second-order valence-corrected chi connectivity index (χ2v) is 12.1. The number of benzene rings is 1. The van der Waals surface area contributed by atoms with Gasteiger partial charge in [0, 0.05) is 38.3 Å². The molecule has 1 fully saturated rings. The van der Waals surface area contributed by atoms with Gasteiger partial charge >= 0.3 is 17.8 Å². The van der Waals surface area contributed by atoms with Crippen LogP contribution < -0.4 is 11.0 Å². The van der Waals surface area contributed by atoms with Crippen molar-refractivity contribution in [2.75, 3.05) is 7.11 Å². The quantitative estimate of drug-likeness (QED) is 0.288. The lowest BCUT2D eigenvalue weighted by Gasteiger charge is -2.31. The number of carbonyl (C=O) groups excluding carboxylic acids is 2. The molecule has 4 aromatic heterocycles. The van der Waals surface area contributed by atoms with Gasteiger partial charge in [0.2, 0.25) is 5.95 Å². The summed E-state index contributed by atoms with van der Waals surface area (Å²) in [5.41, 5.74) is 3.48. The van der Waals surface area contributed by atoms with Crippen molar-refractivity contribution in [1.82, 2.24) is 34.2 Å². The Kier molecular flexibility index (Phi) is 6.20. The Morgan fingerprint density at radius 3 is 2.66 bits per heavy atom. The van der Waals surface area contributed by atoms with E-state index in [2.05, 4.69) is 20.4 Å². The maximum atomic E-state index is 15.2. The highest BCUT2D eigenvalue weighted by molar-refractivity contribution is 6.14. The van der Waals surface area contributed by atoms with Crippen LogP contribution in [0.5, 0.6) is 0 Å². The van der Waals surface area contributed by atoms with Crippen molar-refractivity contribution in [2.45, 2.75) is 56.7 Å². The summed E-state index contributed by atoms with van der Waals surface area (Å²) >= 11 is 0. The first-order valence-electron chi connectivity index (χ1n) is 14.5. The fraction of sp³-hybridized carbons (Fsp3) is 0.387. The number of alkyl carbamates (subject to hydrolysis) is 1. The summed E-state index contributed by atoms with van der Waals surface area (Å²) in [6.07, 6.45) is 2.51. The number of imidazole rings is 1. The highest BCUT2D eigenvalue weighted by Crippen LogP contribution is 2.45. The van der Waals surface area contributed by atoms with Crippen LogP contribution in [0.2, 0.25) is 0 Å². The first-order valence-corrected chi connectivity index (χ1v) is 14.5. The zero-order chi connectivity index (χ0) is 31.1. The fourth-order valence-electron chi connectivity index (χ4n) is 6.99. The molecular weight excluding hydrogens is 569 g/mol. The van der Waals surface area contributed by atoms with Gasteiger partial charge in [-0.05, 0) is 30.4 Å². The van der Waals surface area contributed by atoms with E-state index < -0.39 is 35.7 Å². The summed E-state index contributed by atoms with van der Waals surface area (Å²) in [6, 6.07) is 7.28. The standard InChI is InChI=1S/C31H32FN7O5/c1-15-10-22(40)44-21-11-18(12-31(21,2)35-29(41)43-5)39-26-20(38(4)30(39)42)13-33-28-24(26)23(17-8-6-16(15)7-9-17)25(34-28)19-14-37(3)36-27(19)32/h6-9,13-15,18,21H,10-12H2,1-5H3,(H,33,34)(H,35,41)/t15-,18?,21-,31+/m1/s1. The van der Waals surface area contributed by atoms with E-state index in [1.807, 2.05) is 31.2 Å². The normalized spacial score (nSPS) is 23.2. The third kappa shape index (κ3) is 4.13. The number of ether oxygens (including phenoxy) is 2. The molecule has 4 atom stereocenters. The second kappa shape index (κ2) is 9.79. The Morgan fingerprint density at radius 2 is 1.98 bits per heavy atom. The minimum atomic E-state index is -1.02. The molecule has 5 aromatic rings. The van der Waals surface area contributed by atoms with Crippen molar-refractivity contribution in [3.05, 3.63) is 58.7 Å². The molecule has 1 unspecified atom stereocenters. The Balaban J connectivity index is 1.57. The van der Waals surface area contributed by atoms with Crippen LogP contribution in [0.4, 0.5) is 9.18 Å². The van der Waals surface area contributed by atoms with Crippen LogP contribution >= 0.6 is 0 Å². The third-order valence-electron chi connectivity index (χ3n) is 9.23. The van der Waals surface area contributed by atoms with E-state index in [-0.39, 0.29) is 36.4 Å². The van der Waals surface area contributed by atoms with E-state index in [1.54, 1.807) is 38.0 Å². The van der Waals surface area contributed by atoms with Gasteiger partial charge < -0.3 is 19.8 Å². The number of fused-ring (bicyclic) bond motifs is 5. The first-order chi connectivity index (χ1) is 21.0. The number of hydrogen-bond donors (Lipinski definition) is 2. The number of nitrogens with one attached hydrogen (secondary N) is 2. The predicted octanol–water partition coefficient (Wildman–Crippen LogP) is 4.29. The molecule has 12 nitrogen and oxygen atoms in total. The molecule has 8 rings (SSSR count). The number of hydrogen-bond acceptors (Lipinski definition) is 7. The molecule has 13 heteroatoms.